The van der Waals surface area contributed by atoms with Crippen LogP contribution < -0.4 is 0 Å². The van der Waals surface area contributed by atoms with Crippen LogP contribution in [0.5, 0.6) is 0 Å². The van der Waals surface area contributed by atoms with Crippen molar-refractivity contribution in [2.75, 3.05) is 47.5 Å². The predicted molar refractivity (Wildman–Crippen MR) is 429 cm³/mol. The Labute approximate surface area is 615 Å². The molecule has 0 aromatic heterocycles. The summed E-state index contributed by atoms with van der Waals surface area (Å²) in [5.74, 6) is -1.97. The normalized spacial score (nSPS) is 12.9. The Bertz CT molecular complexity index is 1820. The summed E-state index contributed by atoms with van der Waals surface area (Å²) in [7, 11) is 6.00. The second-order valence-corrected chi connectivity index (χ2v) is 30.8. The van der Waals surface area contributed by atoms with Crippen LogP contribution >= 0.6 is 0 Å². The van der Waals surface area contributed by atoms with Crippen LogP contribution in [-0.2, 0) is 33.3 Å². The quantitative estimate of drug-likeness (QED) is 0.0211. The molecule has 0 aliphatic carbocycles. The van der Waals surface area contributed by atoms with Crippen molar-refractivity contribution in [3.05, 3.63) is 60.8 Å². The average Bonchev–Trinajstić information content (AvgIpc) is 1.57. The SMILES string of the molecule is CCCCCCC/C=C\C/C=C\C/C=C\CCCCCCCCCCCCCCCCCCCCC(=O)OC(COC(=O)CCCCCCCCCCCCCCCCCCCCCCCCCCCCCCC/C=C\C/C=C\CCCCCCC)COC(OCC[N+](C)(C)C)C(=O)O. The first kappa shape index (κ1) is 96.0. The molecule has 0 saturated carbocycles. The van der Waals surface area contributed by atoms with E-state index >= 15 is 0 Å². The van der Waals surface area contributed by atoms with E-state index in [2.05, 4.69) is 74.6 Å². The third-order valence-electron chi connectivity index (χ3n) is 19.7. The zero-order chi connectivity index (χ0) is 71.8. The lowest BCUT2D eigenvalue weighted by molar-refractivity contribution is -0.870. The third-order valence-corrected chi connectivity index (χ3v) is 19.7. The summed E-state index contributed by atoms with van der Waals surface area (Å²) in [5.41, 5.74) is 0. The van der Waals surface area contributed by atoms with E-state index in [-0.39, 0.29) is 38.2 Å². The second kappa shape index (κ2) is 80.7. The summed E-state index contributed by atoms with van der Waals surface area (Å²) < 4.78 is 23.1. The molecule has 0 aliphatic rings. The average molecular weight is 1390 g/mol. The van der Waals surface area contributed by atoms with Crippen LogP contribution in [0.2, 0.25) is 0 Å². The molecule has 2 atom stereocenters. The van der Waals surface area contributed by atoms with E-state index in [1.807, 2.05) is 21.1 Å². The molecule has 0 heterocycles. The molecule has 0 fully saturated rings. The van der Waals surface area contributed by atoms with Gasteiger partial charge in [0.2, 0.25) is 0 Å². The van der Waals surface area contributed by atoms with Crippen molar-refractivity contribution in [1.29, 1.82) is 0 Å². The number of hydrogen-bond donors (Lipinski definition) is 1. The van der Waals surface area contributed by atoms with E-state index in [1.54, 1.807) is 0 Å². The highest BCUT2D eigenvalue weighted by molar-refractivity contribution is 5.71. The molecular weight excluding hydrogens is 1220 g/mol. The minimum absolute atomic E-state index is 0.177. The number of carboxylic acid groups (broad SMARTS) is 1. The van der Waals surface area contributed by atoms with Crippen molar-refractivity contribution in [1.82, 2.24) is 0 Å². The fourth-order valence-electron chi connectivity index (χ4n) is 13.1. The van der Waals surface area contributed by atoms with Gasteiger partial charge in [-0.3, -0.25) is 9.59 Å². The first-order chi connectivity index (χ1) is 48.6. The van der Waals surface area contributed by atoms with Gasteiger partial charge < -0.3 is 28.5 Å². The smallest absolute Gasteiger partial charge is 0.361 e. The Morgan fingerprint density at radius 2 is 0.545 bits per heavy atom. The minimum Gasteiger partial charge on any atom is -0.477 e. The molecule has 2 unspecified atom stereocenters. The number of rotatable bonds is 82. The molecule has 0 aliphatic heterocycles. The van der Waals surface area contributed by atoms with E-state index < -0.39 is 18.4 Å². The van der Waals surface area contributed by atoms with Gasteiger partial charge in [0.05, 0.1) is 34.4 Å². The lowest BCUT2D eigenvalue weighted by Crippen LogP contribution is -2.40. The number of hydrogen-bond acceptors (Lipinski definition) is 7. The van der Waals surface area contributed by atoms with Crippen molar-refractivity contribution in [2.45, 2.75) is 450 Å². The number of esters is 2. The van der Waals surface area contributed by atoms with Crippen LogP contribution in [0.15, 0.2) is 60.8 Å². The highest BCUT2D eigenvalue weighted by Gasteiger charge is 2.25. The molecule has 0 spiro atoms. The van der Waals surface area contributed by atoms with Gasteiger partial charge in [0.15, 0.2) is 6.10 Å². The van der Waals surface area contributed by atoms with Gasteiger partial charge in [0, 0.05) is 12.8 Å². The molecule has 0 aromatic rings. The Kier molecular flexibility index (Phi) is 78.2. The molecule has 0 radical (unpaired) electrons. The van der Waals surface area contributed by atoms with Crippen molar-refractivity contribution < 1.29 is 42.9 Å². The maximum absolute atomic E-state index is 13.0. The Balaban J connectivity index is 3.92. The van der Waals surface area contributed by atoms with Gasteiger partial charge in [0.25, 0.3) is 6.29 Å². The van der Waals surface area contributed by atoms with Crippen LogP contribution in [0.25, 0.3) is 0 Å². The van der Waals surface area contributed by atoms with E-state index in [0.29, 0.717) is 17.4 Å². The van der Waals surface area contributed by atoms with Crippen LogP contribution in [0, 0.1) is 0 Å². The molecule has 9 heteroatoms. The molecule has 99 heavy (non-hydrogen) atoms. The standard InChI is InChI=1S/C90H167NO8/c1-6-8-10-12-14-16-18-20-22-24-26-28-30-32-34-36-38-40-41-42-43-44-45-46-47-49-50-52-54-56-58-60-62-64-66-68-70-72-74-76-78-80-87(92)97-84-86(85-98-90(89(94)95)96-83-82-91(3,4)5)99-88(93)81-79-77-75-73-71-69-67-65-63-61-59-57-55-53-51-48-39-37-35-33-31-29-27-25-23-21-19-17-15-13-11-9-7-2/h18-21,24-27,31,33,86,90H,6-17,22-23,28-30,32,34-85H2,1-5H3/p+1/b20-18-,21-19-,26-24-,27-25-,33-31-. The zero-order valence-electron chi connectivity index (χ0n) is 66.7. The first-order valence-electron chi connectivity index (χ1n) is 43.5. The van der Waals surface area contributed by atoms with Crippen LogP contribution in [0.1, 0.15) is 438 Å². The second-order valence-electron chi connectivity index (χ2n) is 30.8. The Morgan fingerprint density at radius 1 is 0.303 bits per heavy atom. The topological polar surface area (TPSA) is 108 Å². The van der Waals surface area contributed by atoms with Crippen molar-refractivity contribution in [2.24, 2.45) is 0 Å². The molecule has 0 amide bonds. The molecule has 580 valence electrons. The number of allylic oxidation sites excluding steroid dienone is 10. The van der Waals surface area contributed by atoms with Gasteiger partial charge in [-0.05, 0) is 83.5 Å². The predicted octanol–water partition coefficient (Wildman–Crippen LogP) is 28.2. The van der Waals surface area contributed by atoms with Gasteiger partial charge in [0.1, 0.15) is 13.2 Å². The van der Waals surface area contributed by atoms with Gasteiger partial charge in [-0.15, -0.1) is 0 Å². The summed E-state index contributed by atoms with van der Waals surface area (Å²) in [6.07, 6.45) is 106. The molecule has 0 bridgehead atoms. The van der Waals surface area contributed by atoms with Gasteiger partial charge in [-0.2, -0.15) is 0 Å². The maximum Gasteiger partial charge on any atom is 0.361 e. The molecule has 0 aromatic carbocycles. The number of carbonyl (C=O) groups is 3. The van der Waals surface area contributed by atoms with Crippen LogP contribution in [0.3, 0.4) is 0 Å². The maximum atomic E-state index is 13.0. The molecule has 0 saturated heterocycles. The number of ether oxygens (including phenoxy) is 4. The van der Waals surface area contributed by atoms with Crippen LogP contribution in [-0.4, -0.2) is 87.4 Å². The number of likely N-dealkylation sites (N-methyl/N-ethyl adjacent to an activating group) is 1. The lowest BCUT2D eigenvalue weighted by Gasteiger charge is -2.25. The summed E-state index contributed by atoms with van der Waals surface area (Å²) in [6.45, 7) is 4.93. The first-order valence-corrected chi connectivity index (χ1v) is 43.5. The van der Waals surface area contributed by atoms with Crippen molar-refractivity contribution >= 4 is 17.9 Å². The minimum atomic E-state index is -1.51. The van der Waals surface area contributed by atoms with E-state index in [0.717, 1.165) is 57.8 Å². The number of aliphatic carboxylic acids is 1. The van der Waals surface area contributed by atoms with E-state index in [4.69, 9.17) is 18.9 Å². The highest BCUT2D eigenvalue weighted by atomic mass is 16.7. The largest absolute Gasteiger partial charge is 0.477 e. The summed E-state index contributed by atoms with van der Waals surface area (Å²) in [5, 5.41) is 9.79. The van der Waals surface area contributed by atoms with E-state index in [9.17, 15) is 19.5 Å². The number of carbonyl (C=O) groups excluding carboxylic acids is 2. The molecule has 1 N–H and O–H groups in total. The number of carboxylic acids is 1. The lowest BCUT2D eigenvalue weighted by atomic mass is 10.0. The highest BCUT2D eigenvalue weighted by Crippen LogP contribution is 2.20. The number of unbranched alkanes of at least 4 members (excludes halogenated alkanes) is 57. The summed E-state index contributed by atoms with van der Waals surface area (Å²) in [6, 6.07) is 0. The molecule has 9 nitrogen and oxygen atoms in total. The summed E-state index contributed by atoms with van der Waals surface area (Å²) in [4.78, 5) is 37.8. The number of nitrogens with zero attached hydrogens (tertiary/aromatic N) is 1. The third kappa shape index (κ3) is 82.2. The summed E-state index contributed by atoms with van der Waals surface area (Å²) >= 11 is 0. The van der Waals surface area contributed by atoms with E-state index in [1.165, 1.54) is 353 Å². The van der Waals surface area contributed by atoms with Gasteiger partial charge in [-0.25, -0.2) is 4.79 Å². The van der Waals surface area contributed by atoms with Crippen molar-refractivity contribution in [3.63, 3.8) is 0 Å². The van der Waals surface area contributed by atoms with Crippen LogP contribution in [0.4, 0.5) is 0 Å². The molecule has 0 rings (SSSR count). The Hall–Kier alpha value is -3.01. The van der Waals surface area contributed by atoms with Gasteiger partial charge >= 0.3 is 17.9 Å². The monoisotopic (exact) mass is 1390 g/mol. The molecular formula is C90H168NO8+. The fraction of sp³-hybridized carbons (Fsp3) is 0.856. The number of quaternary nitrogens is 1. The fourth-order valence-corrected chi connectivity index (χ4v) is 13.1. The zero-order valence-corrected chi connectivity index (χ0v) is 66.7. The van der Waals surface area contributed by atoms with Gasteiger partial charge in [-0.1, -0.05) is 402 Å². The van der Waals surface area contributed by atoms with Crippen molar-refractivity contribution in [3.8, 4) is 0 Å². The Morgan fingerprint density at radius 3 is 0.808 bits per heavy atom.